The van der Waals surface area contributed by atoms with Crippen LogP contribution >= 0.6 is 11.6 Å². The first-order chi connectivity index (χ1) is 16.3. The zero-order valence-electron chi connectivity index (χ0n) is 20.2. The molecule has 0 aromatic rings. The molecule has 0 aromatic heterocycles. The molecule has 0 aromatic carbocycles. The van der Waals surface area contributed by atoms with Crippen LogP contribution in [0.4, 0.5) is 0 Å². The summed E-state index contributed by atoms with van der Waals surface area (Å²) in [5.74, 6) is -4.45. The van der Waals surface area contributed by atoms with E-state index in [4.69, 9.17) is 35.3 Å². The van der Waals surface area contributed by atoms with E-state index in [-0.39, 0.29) is 0 Å². The van der Waals surface area contributed by atoms with Crippen molar-refractivity contribution in [1.29, 1.82) is 0 Å². The van der Waals surface area contributed by atoms with Gasteiger partial charge in [-0.3, -0.25) is 14.4 Å². The Labute approximate surface area is 207 Å². The van der Waals surface area contributed by atoms with Crippen molar-refractivity contribution >= 4 is 29.5 Å². The molecule has 2 saturated carbocycles. The van der Waals surface area contributed by atoms with E-state index in [1.165, 1.54) is 20.8 Å². The largest absolute Gasteiger partial charge is 0.459 e. The molecule has 0 unspecified atom stereocenters. The van der Waals surface area contributed by atoms with Gasteiger partial charge in [-0.2, -0.15) is 0 Å². The van der Waals surface area contributed by atoms with Gasteiger partial charge in [0.1, 0.15) is 30.5 Å². The predicted octanol–water partition coefficient (Wildman–Crippen LogP) is 0.488. The third-order valence-electron chi connectivity index (χ3n) is 8.85. The summed E-state index contributed by atoms with van der Waals surface area (Å²) in [5.41, 5.74) is -2.85. The summed E-state index contributed by atoms with van der Waals surface area (Å²) < 4.78 is 28.7. The molecule has 3 saturated heterocycles. The Morgan fingerprint density at radius 1 is 1.09 bits per heavy atom. The number of ether oxygens (including phenoxy) is 5. The highest BCUT2D eigenvalue weighted by Gasteiger charge is 2.77. The summed E-state index contributed by atoms with van der Waals surface area (Å²) in [6.45, 7) is 11.5. The van der Waals surface area contributed by atoms with Gasteiger partial charge in [0.15, 0.2) is 11.7 Å². The number of hydrogen-bond donors (Lipinski definition) is 2. The van der Waals surface area contributed by atoms with Crippen LogP contribution in [0, 0.1) is 23.2 Å². The van der Waals surface area contributed by atoms with Crippen molar-refractivity contribution in [3.63, 3.8) is 0 Å². The summed E-state index contributed by atoms with van der Waals surface area (Å²) in [5, 5.41) is 22.9. The van der Waals surface area contributed by atoms with E-state index < -0.39 is 101 Å². The quantitative estimate of drug-likeness (QED) is 0.175. The first-order valence-corrected chi connectivity index (χ1v) is 12.3. The number of rotatable bonds is 2. The van der Waals surface area contributed by atoms with E-state index in [2.05, 4.69) is 6.58 Å². The van der Waals surface area contributed by atoms with E-state index in [0.717, 1.165) is 0 Å². The Kier molecular flexibility index (Phi) is 5.62. The van der Waals surface area contributed by atoms with E-state index >= 15 is 0 Å². The molecule has 3 heterocycles. The maximum absolute atomic E-state index is 12.8. The van der Waals surface area contributed by atoms with Crippen molar-refractivity contribution in [3.8, 4) is 0 Å². The van der Waals surface area contributed by atoms with Crippen LogP contribution in [0.1, 0.15) is 34.6 Å². The van der Waals surface area contributed by atoms with Crippen LogP contribution in [0.25, 0.3) is 0 Å². The highest BCUT2D eigenvalue weighted by molar-refractivity contribution is 6.23. The number of esters is 3. The Morgan fingerprint density at radius 3 is 2.31 bits per heavy atom. The predicted molar refractivity (Wildman–Crippen MR) is 118 cm³/mol. The maximum Gasteiger partial charge on any atom is 0.312 e. The van der Waals surface area contributed by atoms with Crippen molar-refractivity contribution in [2.45, 2.75) is 94.4 Å². The number of alkyl halides is 1. The van der Waals surface area contributed by atoms with Crippen LogP contribution in [0.3, 0.4) is 0 Å². The summed E-state index contributed by atoms with van der Waals surface area (Å²) in [6, 6.07) is 0. The topological polar surface area (TPSA) is 144 Å². The first kappa shape index (κ1) is 25.0. The molecule has 5 aliphatic rings. The normalized spacial score (nSPS) is 54.3. The second-order valence-corrected chi connectivity index (χ2v) is 11.3. The third-order valence-corrected chi connectivity index (χ3v) is 9.36. The van der Waals surface area contributed by atoms with Gasteiger partial charge >= 0.3 is 17.9 Å². The SMILES string of the molecule is C=C1[C@@H](Cl)[C@@H]2OC(=O)[C@@H](C)[C@@]2(O)[C@H](OC(C)=O)[C@H]2[C@H](C)[C@H](OC(C)=O)[C@H]3O[C@H]3[C@@]2(C)[C@H](O)[C@H]2O[C@H]12. The van der Waals surface area contributed by atoms with Gasteiger partial charge in [0.2, 0.25) is 0 Å². The first-order valence-electron chi connectivity index (χ1n) is 11.8. The van der Waals surface area contributed by atoms with E-state index in [1.807, 2.05) is 0 Å². The minimum absolute atomic E-state index is 0.347. The second kappa shape index (κ2) is 7.89. The van der Waals surface area contributed by atoms with Crippen LogP contribution < -0.4 is 0 Å². The standard InChI is InChI=1S/C24H31ClO10/c1-7-12-19(32-11(5)27)24(30)9(3)22(29)35-20(24)13(25)8(2)15-16(33-15)18(28)23(12,6)21-17(34-21)14(7)31-10(4)26/h7,9,12-21,28,30H,2H2,1,3-6H3/t7-,9+,12+,13+,14-,15+,16-,17+,18+,19+,20-,21+,23+,24+/m0/s1. The smallest absolute Gasteiger partial charge is 0.312 e. The van der Waals surface area contributed by atoms with Gasteiger partial charge in [0, 0.05) is 31.1 Å². The van der Waals surface area contributed by atoms with Gasteiger partial charge in [0.25, 0.3) is 0 Å². The number of epoxide rings is 2. The molecule has 2 aliphatic carbocycles. The van der Waals surface area contributed by atoms with Crippen molar-refractivity contribution in [3.05, 3.63) is 12.2 Å². The van der Waals surface area contributed by atoms with Gasteiger partial charge in [0.05, 0.1) is 23.5 Å². The second-order valence-electron chi connectivity index (χ2n) is 10.8. The Morgan fingerprint density at radius 2 is 1.71 bits per heavy atom. The molecule has 0 bridgehead atoms. The highest BCUT2D eigenvalue weighted by Crippen LogP contribution is 2.63. The summed E-state index contributed by atoms with van der Waals surface area (Å²) >= 11 is 6.71. The molecule has 10 nitrogen and oxygen atoms in total. The highest BCUT2D eigenvalue weighted by atomic mass is 35.5. The van der Waals surface area contributed by atoms with Crippen LogP contribution in [0.5, 0.6) is 0 Å². The van der Waals surface area contributed by atoms with Crippen molar-refractivity contribution in [1.82, 2.24) is 0 Å². The molecule has 0 amide bonds. The van der Waals surface area contributed by atoms with Gasteiger partial charge in [-0.1, -0.05) is 20.4 Å². The molecule has 194 valence electrons. The minimum Gasteiger partial charge on any atom is -0.459 e. The number of hydrogen-bond acceptors (Lipinski definition) is 10. The fraction of sp³-hybridized carbons (Fsp3) is 0.792. The Hall–Kier alpha value is -1.72. The maximum atomic E-state index is 12.8. The van der Waals surface area contributed by atoms with Gasteiger partial charge < -0.3 is 33.9 Å². The molecule has 0 spiro atoms. The lowest BCUT2D eigenvalue weighted by Crippen LogP contribution is -2.68. The molecule has 3 aliphatic heterocycles. The van der Waals surface area contributed by atoms with E-state index in [9.17, 15) is 24.6 Å². The molecular formula is C24H31ClO10. The van der Waals surface area contributed by atoms with Crippen molar-refractivity contribution in [2.24, 2.45) is 23.2 Å². The Bertz CT molecular complexity index is 985. The minimum atomic E-state index is -2.08. The molecule has 2 N–H and O–H groups in total. The monoisotopic (exact) mass is 514 g/mol. The zero-order chi connectivity index (χ0) is 25.8. The average Bonchev–Trinajstić information content (AvgIpc) is 3.69. The van der Waals surface area contributed by atoms with Gasteiger partial charge in [-0.15, -0.1) is 11.6 Å². The van der Waals surface area contributed by atoms with Gasteiger partial charge in [-0.25, -0.2) is 0 Å². The van der Waals surface area contributed by atoms with Crippen molar-refractivity contribution < 1.29 is 48.3 Å². The summed E-state index contributed by atoms with van der Waals surface area (Å²) in [6.07, 6.45) is -6.88. The van der Waals surface area contributed by atoms with Crippen molar-refractivity contribution in [2.75, 3.05) is 0 Å². The number of aliphatic hydroxyl groups excluding tert-OH is 1. The fourth-order valence-electron chi connectivity index (χ4n) is 6.93. The zero-order valence-corrected chi connectivity index (χ0v) is 20.9. The van der Waals surface area contributed by atoms with Crippen LogP contribution in [0.2, 0.25) is 0 Å². The fourth-order valence-corrected chi connectivity index (χ4v) is 7.31. The molecule has 5 rings (SSSR count). The molecular weight excluding hydrogens is 484 g/mol. The average molecular weight is 515 g/mol. The van der Waals surface area contributed by atoms with Crippen LogP contribution in [-0.4, -0.2) is 87.9 Å². The lowest BCUT2D eigenvalue weighted by atomic mass is 9.53. The van der Waals surface area contributed by atoms with Crippen LogP contribution in [0.15, 0.2) is 12.2 Å². The van der Waals surface area contributed by atoms with E-state index in [1.54, 1.807) is 13.8 Å². The third kappa shape index (κ3) is 3.33. The van der Waals surface area contributed by atoms with E-state index in [0.29, 0.717) is 5.57 Å². The number of carbonyl (C=O) groups is 3. The molecule has 5 fully saturated rings. The molecule has 0 radical (unpaired) electrons. The lowest BCUT2D eigenvalue weighted by molar-refractivity contribution is -0.223. The lowest BCUT2D eigenvalue weighted by Gasteiger charge is -2.54. The Balaban J connectivity index is 1.72. The number of carbonyl (C=O) groups excluding carboxylic acids is 3. The number of halogens is 1. The number of fused-ring (bicyclic) bond motifs is 5. The number of aliphatic hydroxyl groups is 2. The summed E-state index contributed by atoms with van der Waals surface area (Å²) in [4.78, 5) is 37.1. The summed E-state index contributed by atoms with van der Waals surface area (Å²) in [7, 11) is 0. The van der Waals surface area contributed by atoms with Crippen LogP contribution in [-0.2, 0) is 38.1 Å². The van der Waals surface area contributed by atoms with Gasteiger partial charge in [-0.05, 0) is 12.5 Å². The molecule has 14 atom stereocenters. The molecule has 35 heavy (non-hydrogen) atoms. The molecule has 11 heteroatoms.